The second kappa shape index (κ2) is 10.6. The van der Waals surface area contributed by atoms with Crippen molar-refractivity contribution in [1.29, 1.82) is 0 Å². The van der Waals surface area contributed by atoms with Crippen LogP contribution in [0.25, 0.3) is 0 Å². The smallest absolute Gasteiger partial charge is 0.416 e. The summed E-state index contributed by atoms with van der Waals surface area (Å²) in [6.07, 6.45) is -3.25. The van der Waals surface area contributed by atoms with Gasteiger partial charge in [0, 0.05) is 11.9 Å². The lowest BCUT2D eigenvalue weighted by molar-refractivity contribution is -0.137. The van der Waals surface area contributed by atoms with Gasteiger partial charge < -0.3 is 20.1 Å². The monoisotopic (exact) mass is 481 g/mol. The normalized spacial score (nSPS) is 11.1. The summed E-state index contributed by atoms with van der Waals surface area (Å²) in [4.78, 5) is 28.5. The van der Waals surface area contributed by atoms with E-state index in [-0.39, 0.29) is 28.5 Å². The van der Waals surface area contributed by atoms with Gasteiger partial charge in [-0.05, 0) is 42.5 Å². The van der Waals surface area contributed by atoms with Gasteiger partial charge in [-0.3, -0.25) is 4.79 Å². The van der Waals surface area contributed by atoms with Crippen molar-refractivity contribution in [1.82, 2.24) is 4.98 Å². The molecule has 0 atom stereocenters. The van der Waals surface area contributed by atoms with Gasteiger partial charge in [0.15, 0.2) is 6.61 Å². The fourth-order valence-corrected chi connectivity index (χ4v) is 2.74. The first-order chi connectivity index (χ1) is 16.1. The minimum atomic E-state index is -4.56. The zero-order valence-corrected chi connectivity index (χ0v) is 17.1. The molecule has 0 spiro atoms. The third kappa shape index (κ3) is 6.64. The average Bonchev–Trinajstić information content (AvgIpc) is 2.78. The van der Waals surface area contributed by atoms with E-state index >= 15 is 0 Å². The minimum Gasteiger partial charge on any atom is -0.452 e. The molecule has 0 bridgehead atoms. The van der Waals surface area contributed by atoms with E-state index in [1.807, 2.05) is 0 Å². The Bertz CT molecular complexity index is 1170. The van der Waals surface area contributed by atoms with Crippen molar-refractivity contribution >= 4 is 29.1 Å². The second-order valence-electron chi connectivity index (χ2n) is 6.60. The molecule has 0 aliphatic rings. The molecular formula is C22H16F5N3O4. The largest absolute Gasteiger partial charge is 0.452 e. The summed E-state index contributed by atoms with van der Waals surface area (Å²) in [6, 6.07) is 12.4. The molecule has 0 fully saturated rings. The van der Waals surface area contributed by atoms with Crippen molar-refractivity contribution in [2.45, 2.75) is 12.8 Å². The van der Waals surface area contributed by atoms with Gasteiger partial charge in [-0.1, -0.05) is 18.2 Å². The number of alkyl halides is 5. The van der Waals surface area contributed by atoms with Crippen molar-refractivity contribution in [3.8, 4) is 5.75 Å². The standard InChI is InChI=1S/C22H16F5N3O4/c23-21(24)34-17-9-2-1-8-16(17)30-18(31)12-33-20(32)15-7-4-10-28-19(15)29-14-6-3-5-13(11-14)22(25,26)27/h1-11,21H,12H2,(H,28,29)(H,30,31). The Hall–Kier alpha value is -4.22. The highest BCUT2D eigenvalue weighted by Crippen LogP contribution is 2.31. The Morgan fingerprint density at radius 1 is 1.00 bits per heavy atom. The van der Waals surface area contributed by atoms with Crippen LogP contribution >= 0.6 is 0 Å². The van der Waals surface area contributed by atoms with E-state index in [1.165, 1.54) is 54.7 Å². The van der Waals surface area contributed by atoms with Crippen LogP contribution < -0.4 is 15.4 Å². The predicted octanol–water partition coefficient (Wildman–Crippen LogP) is 5.24. The number of rotatable bonds is 8. The van der Waals surface area contributed by atoms with Gasteiger partial charge in [-0.2, -0.15) is 22.0 Å². The molecule has 178 valence electrons. The maximum absolute atomic E-state index is 12.9. The van der Waals surface area contributed by atoms with Gasteiger partial charge in [-0.15, -0.1) is 0 Å². The maximum atomic E-state index is 12.9. The van der Waals surface area contributed by atoms with Crippen molar-refractivity contribution in [3.63, 3.8) is 0 Å². The highest BCUT2D eigenvalue weighted by atomic mass is 19.4. The number of amides is 1. The molecule has 0 radical (unpaired) electrons. The van der Waals surface area contributed by atoms with E-state index in [2.05, 4.69) is 20.4 Å². The number of carbonyl (C=O) groups excluding carboxylic acids is 2. The summed E-state index contributed by atoms with van der Waals surface area (Å²) < 4.78 is 73.0. The molecule has 34 heavy (non-hydrogen) atoms. The Kier molecular flexibility index (Phi) is 7.61. The van der Waals surface area contributed by atoms with E-state index in [1.54, 1.807) is 0 Å². The van der Waals surface area contributed by atoms with Crippen molar-refractivity contribution in [2.24, 2.45) is 0 Å². The molecule has 3 aromatic rings. The Labute approximate surface area is 189 Å². The van der Waals surface area contributed by atoms with Crippen LogP contribution in [0.3, 0.4) is 0 Å². The SMILES string of the molecule is O=C(COC(=O)c1cccnc1Nc1cccc(C(F)(F)F)c1)Nc1ccccc1OC(F)F. The Morgan fingerprint density at radius 3 is 2.50 bits per heavy atom. The van der Waals surface area contributed by atoms with E-state index in [9.17, 15) is 31.5 Å². The summed E-state index contributed by atoms with van der Waals surface area (Å²) in [5.41, 5.74) is -1.08. The molecule has 2 aromatic carbocycles. The van der Waals surface area contributed by atoms with Crippen LogP contribution in [0.5, 0.6) is 5.75 Å². The lowest BCUT2D eigenvalue weighted by Crippen LogP contribution is -2.22. The van der Waals surface area contributed by atoms with Gasteiger partial charge in [0.1, 0.15) is 17.1 Å². The molecule has 0 unspecified atom stereocenters. The summed E-state index contributed by atoms with van der Waals surface area (Å²) >= 11 is 0. The molecule has 0 aliphatic heterocycles. The summed E-state index contributed by atoms with van der Waals surface area (Å²) in [5.74, 6) is -2.20. The topological polar surface area (TPSA) is 89.6 Å². The van der Waals surface area contributed by atoms with Crippen LogP contribution in [-0.4, -0.2) is 30.1 Å². The number of halogens is 5. The number of nitrogens with one attached hydrogen (secondary N) is 2. The molecule has 1 amide bonds. The number of carbonyl (C=O) groups is 2. The number of esters is 1. The van der Waals surface area contributed by atoms with Gasteiger partial charge in [0.05, 0.1) is 11.3 Å². The number of hydrogen-bond acceptors (Lipinski definition) is 6. The second-order valence-corrected chi connectivity index (χ2v) is 6.60. The lowest BCUT2D eigenvalue weighted by atomic mass is 10.2. The summed E-state index contributed by atoms with van der Waals surface area (Å²) in [5, 5.41) is 4.90. The number of benzene rings is 2. The number of hydrogen-bond donors (Lipinski definition) is 2. The number of anilines is 3. The number of para-hydroxylation sites is 2. The van der Waals surface area contributed by atoms with Crippen molar-refractivity contribution in [3.05, 3.63) is 78.0 Å². The molecule has 12 heteroatoms. The molecule has 0 saturated heterocycles. The molecule has 7 nitrogen and oxygen atoms in total. The highest BCUT2D eigenvalue weighted by Gasteiger charge is 2.30. The molecule has 0 aliphatic carbocycles. The fourth-order valence-electron chi connectivity index (χ4n) is 2.74. The lowest BCUT2D eigenvalue weighted by Gasteiger charge is -2.13. The van der Waals surface area contributed by atoms with Crippen LogP contribution in [0.2, 0.25) is 0 Å². The number of ether oxygens (including phenoxy) is 2. The van der Waals surface area contributed by atoms with Crippen LogP contribution in [0.15, 0.2) is 66.9 Å². The van der Waals surface area contributed by atoms with Crippen LogP contribution in [-0.2, 0) is 15.7 Å². The number of aromatic nitrogens is 1. The summed E-state index contributed by atoms with van der Waals surface area (Å²) in [7, 11) is 0. The first-order valence-electron chi connectivity index (χ1n) is 9.53. The highest BCUT2D eigenvalue weighted by molar-refractivity contribution is 5.98. The quantitative estimate of drug-likeness (QED) is 0.338. The molecule has 1 aromatic heterocycles. The first kappa shape index (κ1) is 24.4. The Morgan fingerprint density at radius 2 is 1.76 bits per heavy atom. The zero-order chi connectivity index (χ0) is 24.7. The first-order valence-corrected chi connectivity index (χ1v) is 9.53. The maximum Gasteiger partial charge on any atom is 0.416 e. The summed E-state index contributed by atoms with van der Waals surface area (Å²) in [6.45, 7) is -3.89. The molecular weight excluding hydrogens is 465 g/mol. The van der Waals surface area contributed by atoms with Crippen LogP contribution in [0, 0.1) is 0 Å². The average molecular weight is 481 g/mol. The third-order valence-electron chi connectivity index (χ3n) is 4.19. The molecule has 0 saturated carbocycles. The van der Waals surface area contributed by atoms with E-state index < -0.39 is 36.8 Å². The van der Waals surface area contributed by atoms with Crippen molar-refractivity contribution < 1.29 is 41.0 Å². The van der Waals surface area contributed by atoms with E-state index in [4.69, 9.17) is 4.74 Å². The molecule has 2 N–H and O–H groups in total. The van der Waals surface area contributed by atoms with Gasteiger partial charge in [0.2, 0.25) is 0 Å². The van der Waals surface area contributed by atoms with E-state index in [0.29, 0.717) is 0 Å². The fraction of sp³-hybridized carbons (Fsp3) is 0.136. The number of nitrogens with zero attached hydrogens (tertiary/aromatic N) is 1. The zero-order valence-electron chi connectivity index (χ0n) is 17.1. The minimum absolute atomic E-state index is 0.0240. The van der Waals surface area contributed by atoms with Crippen LogP contribution in [0.4, 0.5) is 39.1 Å². The molecule has 3 rings (SSSR count). The third-order valence-corrected chi connectivity index (χ3v) is 4.19. The van der Waals surface area contributed by atoms with Gasteiger partial charge in [0.25, 0.3) is 5.91 Å². The predicted molar refractivity (Wildman–Crippen MR) is 111 cm³/mol. The van der Waals surface area contributed by atoms with Gasteiger partial charge >= 0.3 is 18.8 Å². The molecule has 1 heterocycles. The number of pyridine rings is 1. The van der Waals surface area contributed by atoms with Gasteiger partial charge in [-0.25, -0.2) is 9.78 Å². The Balaban J connectivity index is 1.66. The van der Waals surface area contributed by atoms with E-state index in [0.717, 1.165) is 12.1 Å². The van der Waals surface area contributed by atoms with Crippen molar-refractivity contribution in [2.75, 3.05) is 17.2 Å². The van der Waals surface area contributed by atoms with Crippen LogP contribution in [0.1, 0.15) is 15.9 Å².